The number of halogens is 1. The lowest BCUT2D eigenvalue weighted by atomic mass is 9.90. The molecule has 70 valence electrons. The number of nitrogens with one attached hydrogen (secondary N) is 1. The molecule has 2 aliphatic rings. The molecule has 1 aliphatic carbocycles. The number of rotatable bonds is 2. The van der Waals surface area contributed by atoms with Crippen LogP contribution in [0.4, 0.5) is 4.39 Å². The molecule has 1 saturated heterocycles. The summed E-state index contributed by atoms with van der Waals surface area (Å²) in [5.41, 5.74) is 0. The van der Waals surface area contributed by atoms with Gasteiger partial charge in [0.1, 0.15) is 6.17 Å². The zero-order valence-electron chi connectivity index (χ0n) is 7.26. The highest BCUT2D eigenvalue weighted by atomic mass is 32.2. The van der Waals surface area contributed by atoms with Crippen molar-refractivity contribution in [2.75, 3.05) is 11.5 Å². The highest BCUT2D eigenvalue weighted by Crippen LogP contribution is 2.25. The molecule has 2 rings (SSSR count). The number of hydrogen-bond donors (Lipinski definition) is 1. The minimum Gasteiger partial charge on any atom is -0.310 e. The highest BCUT2D eigenvalue weighted by molar-refractivity contribution is 7.99. The van der Waals surface area contributed by atoms with E-state index in [-0.39, 0.29) is 0 Å². The molecule has 0 aromatic rings. The van der Waals surface area contributed by atoms with E-state index in [1.165, 1.54) is 24.3 Å². The molecule has 1 aliphatic heterocycles. The topological polar surface area (TPSA) is 12.0 Å². The molecule has 0 aromatic heterocycles. The van der Waals surface area contributed by atoms with E-state index in [9.17, 15) is 4.39 Å². The smallest absolute Gasteiger partial charge is 0.103 e. The third kappa shape index (κ3) is 2.13. The predicted molar refractivity (Wildman–Crippen MR) is 51.4 cm³/mol. The molecule has 1 nitrogen and oxygen atoms in total. The Hall–Kier alpha value is 0.240. The third-order valence-corrected chi connectivity index (χ3v) is 3.93. The van der Waals surface area contributed by atoms with Gasteiger partial charge in [0, 0.05) is 17.8 Å². The summed E-state index contributed by atoms with van der Waals surface area (Å²) in [6.07, 6.45) is 3.61. The standard InChI is InChI=1S/C9H16FNS/c10-7-4-9(5-7)11-8-2-1-3-12-6-8/h7-9,11H,1-6H2. The Morgan fingerprint density at radius 3 is 2.67 bits per heavy atom. The first-order valence-electron chi connectivity index (χ1n) is 4.82. The molecule has 0 aromatic carbocycles. The fraction of sp³-hybridized carbons (Fsp3) is 1.00. The molecule has 1 saturated carbocycles. The van der Waals surface area contributed by atoms with Crippen molar-refractivity contribution >= 4 is 11.8 Å². The fourth-order valence-corrected chi connectivity index (χ4v) is 2.97. The van der Waals surface area contributed by atoms with Gasteiger partial charge in [0.15, 0.2) is 0 Å². The average molecular weight is 189 g/mol. The predicted octanol–water partition coefficient (Wildman–Crippen LogP) is 1.97. The lowest BCUT2D eigenvalue weighted by Crippen LogP contribution is -2.48. The van der Waals surface area contributed by atoms with Gasteiger partial charge in [-0.15, -0.1) is 0 Å². The van der Waals surface area contributed by atoms with Gasteiger partial charge in [0.05, 0.1) is 0 Å². The number of alkyl halides is 1. The zero-order valence-corrected chi connectivity index (χ0v) is 8.08. The number of hydrogen-bond acceptors (Lipinski definition) is 2. The Bertz CT molecular complexity index is 141. The number of thioether (sulfide) groups is 1. The summed E-state index contributed by atoms with van der Waals surface area (Å²) in [5.74, 6) is 2.54. The van der Waals surface area contributed by atoms with Gasteiger partial charge < -0.3 is 5.32 Å². The fourth-order valence-electron chi connectivity index (χ4n) is 1.89. The van der Waals surface area contributed by atoms with Crippen molar-refractivity contribution in [3.8, 4) is 0 Å². The largest absolute Gasteiger partial charge is 0.310 e. The molecular weight excluding hydrogens is 173 g/mol. The van der Waals surface area contributed by atoms with Crippen molar-refractivity contribution in [1.29, 1.82) is 0 Å². The Morgan fingerprint density at radius 1 is 1.25 bits per heavy atom. The summed E-state index contributed by atoms with van der Waals surface area (Å²) in [6, 6.07) is 1.16. The lowest BCUT2D eigenvalue weighted by Gasteiger charge is -2.35. The second-order valence-corrected chi connectivity index (χ2v) is 5.00. The van der Waals surface area contributed by atoms with Crippen LogP contribution in [0.5, 0.6) is 0 Å². The average Bonchev–Trinajstić information content (AvgIpc) is 2.04. The molecule has 1 heterocycles. The minimum atomic E-state index is -0.515. The van der Waals surface area contributed by atoms with E-state index >= 15 is 0 Å². The summed E-state index contributed by atoms with van der Waals surface area (Å²) in [4.78, 5) is 0. The van der Waals surface area contributed by atoms with Crippen LogP contribution in [0.1, 0.15) is 25.7 Å². The summed E-state index contributed by atoms with van der Waals surface area (Å²) in [6.45, 7) is 0. The van der Waals surface area contributed by atoms with E-state index < -0.39 is 6.17 Å². The Labute approximate surface area is 77.5 Å². The van der Waals surface area contributed by atoms with Gasteiger partial charge in [-0.05, 0) is 31.4 Å². The second kappa shape index (κ2) is 3.97. The van der Waals surface area contributed by atoms with E-state index in [0.29, 0.717) is 12.1 Å². The Morgan fingerprint density at radius 2 is 2.08 bits per heavy atom. The molecule has 12 heavy (non-hydrogen) atoms. The quantitative estimate of drug-likeness (QED) is 0.713. The van der Waals surface area contributed by atoms with Gasteiger partial charge in [0.25, 0.3) is 0 Å². The summed E-state index contributed by atoms with van der Waals surface area (Å²) < 4.78 is 12.5. The maximum Gasteiger partial charge on any atom is 0.103 e. The van der Waals surface area contributed by atoms with Crippen molar-refractivity contribution in [1.82, 2.24) is 5.32 Å². The first-order chi connectivity index (χ1) is 5.84. The molecule has 1 N–H and O–H groups in total. The molecule has 0 spiro atoms. The Balaban J connectivity index is 1.65. The zero-order chi connectivity index (χ0) is 8.39. The van der Waals surface area contributed by atoms with Crippen molar-refractivity contribution in [3.63, 3.8) is 0 Å². The van der Waals surface area contributed by atoms with E-state index in [1.807, 2.05) is 11.8 Å². The van der Waals surface area contributed by atoms with Crippen LogP contribution in [0, 0.1) is 0 Å². The molecule has 1 unspecified atom stereocenters. The molecule has 2 fully saturated rings. The first kappa shape index (κ1) is 8.82. The van der Waals surface area contributed by atoms with Crippen LogP contribution in [0.3, 0.4) is 0 Å². The van der Waals surface area contributed by atoms with Crippen LogP contribution in [0.2, 0.25) is 0 Å². The maximum absolute atomic E-state index is 12.5. The summed E-state index contributed by atoms with van der Waals surface area (Å²) in [7, 11) is 0. The van der Waals surface area contributed by atoms with E-state index in [0.717, 1.165) is 12.8 Å². The van der Waals surface area contributed by atoms with Gasteiger partial charge in [-0.3, -0.25) is 0 Å². The van der Waals surface area contributed by atoms with Gasteiger partial charge in [-0.2, -0.15) is 11.8 Å². The second-order valence-electron chi connectivity index (χ2n) is 3.85. The van der Waals surface area contributed by atoms with Crippen LogP contribution in [-0.2, 0) is 0 Å². The lowest BCUT2D eigenvalue weighted by molar-refractivity contribution is 0.147. The van der Waals surface area contributed by atoms with E-state index in [1.54, 1.807) is 0 Å². The van der Waals surface area contributed by atoms with Gasteiger partial charge in [-0.25, -0.2) is 4.39 Å². The third-order valence-electron chi connectivity index (χ3n) is 2.71. The van der Waals surface area contributed by atoms with Crippen molar-refractivity contribution in [2.45, 2.75) is 43.9 Å². The molecule has 1 atom stereocenters. The van der Waals surface area contributed by atoms with E-state index in [4.69, 9.17) is 0 Å². The minimum absolute atomic E-state index is 0.490. The molecule has 0 bridgehead atoms. The van der Waals surface area contributed by atoms with Crippen LogP contribution in [-0.4, -0.2) is 29.8 Å². The van der Waals surface area contributed by atoms with Gasteiger partial charge in [-0.1, -0.05) is 0 Å². The summed E-state index contributed by atoms with van der Waals surface area (Å²) in [5, 5.41) is 3.52. The summed E-state index contributed by atoms with van der Waals surface area (Å²) >= 11 is 2.02. The van der Waals surface area contributed by atoms with Crippen LogP contribution >= 0.6 is 11.8 Å². The molecule has 0 radical (unpaired) electrons. The SMILES string of the molecule is FC1CC(NC2CCCSC2)C1. The molecule has 0 amide bonds. The van der Waals surface area contributed by atoms with Crippen molar-refractivity contribution in [3.05, 3.63) is 0 Å². The normalized spacial score (nSPS) is 42.2. The van der Waals surface area contributed by atoms with Crippen LogP contribution in [0.25, 0.3) is 0 Å². The van der Waals surface area contributed by atoms with Crippen molar-refractivity contribution in [2.24, 2.45) is 0 Å². The van der Waals surface area contributed by atoms with Gasteiger partial charge >= 0.3 is 0 Å². The monoisotopic (exact) mass is 189 g/mol. The highest BCUT2D eigenvalue weighted by Gasteiger charge is 2.30. The van der Waals surface area contributed by atoms with E-state index in [2.05, 4.69) is 5.32 Å². The van der Waals surface area contributed by atoms with Crippen LogP contribution in [0.15, 0.2) is 0 Å². The maximum atomic E-state index is 12.5. The van der Waals surface area contributed by atoms with Crippen molar-refractivity contribution < 1.29 is 4.39 Å². The molecular formula is C9H16FNS. The first-order valence-corrected chi connectivity index (χ1v) is 5.98. The van der Waals surface area contributed by atoms with Crippen LogP contribution < -0.4 is 5.32 Å². The molecule has 3 heteroatoms. The Kier molecular flexibility index (Phi) is 2.92. The van der Waals surface area contributed by atoms with Gasteiger partial charge in [0.2, 0.25) is 0 Å².